The van der Waals surface area contributed by atoms with Gasteiger partial charge in [-0.3, -0.25) is 9.59 Å². The molecule has 1 aliphatic heterocycles. The number of carbonyl (C=O) groups excluding carboxylic acids is 2. The molecule has 1 aromatic carbocycles. The van der Waals surface area contributed by atoms with Crippen molar-refractivity contribution in [2.75, 3.05) is 26.9 Å². The van der Waals surface area contributed by atoms with Gasteiger partial charge >= 0.3 is 0 Å². The molecule has 0 aliphatic carbocycles. The first-order valence-corrected chi connectivity index (χ1v) is 10.1. The van der Waals surface area contributed by atoms with Gasteiger partial charge in [0.2, 0.25) is 5.78 Å². The van der Waals surface area contributed by atoms with Crippen molar-refractivity contribution in [2.24, 2.45) is 0 Å². The smallest absolute Gasteiger partial charge is 0.290 e. The number of furan rings is 1. The van der Waals surface area contributed by atoms with E-state index in [1.807, 2.05) is 24.3 Å². The van der Waals surface area contributed by atoms with Crippen LogP contribution >= 0.6 is 0 Å². The van der Waals surface area contributed by atoms with Crippen LogP contribution in [0.2, 0.25) is 0 Å². The van der Waals surface area contributed by atoms with E-state index in [4.69, 9.17) is 13.9 Å². The maximum atomic E-state index is 13.1. The molecule has 7 heteroatoms. The zero-order chi connectivity index (χ0) is 21.5. The number of carbonyl (C=O) groups is 2. The average molecular weight is 413 g/mol. The van der Waals surface area contributed by atoms with E-state index >= 15 is 0 Å². The summed E-state index contributed by atoms with van der Waals surface area (Å²) in [6, 6.07) is 9.66. The SMILES string of the molecule is CCCCOc1cccc(C2C(C(=O)c3ccco3)=C(O)C(=O)N2CCCOC)c1. The number of amides is 1. The number of Topliss-reactive ketones (excluding diaryl/α,β-unsaturated/α-hetero) is 1. The number of aliphatic hydroxyl groups is 1. The lowest BCUT2D eigenvalue weighted by molar-refractivity contribution is -0.129. The summed E-state index contributed by atoms with van der Waals surface area (Å²) in [5, 5.41) is 10.6. The summed E-state index contributed by atoms with van der Waals surface area (Å²) >= 11 is 0. The number of hydrogen-bond acceptors (Lipinski definition) is 6. The number of nitrogens with zero attached hydrogens (tertiary/aromatic N) is 1. The van der Waals surface area contributed by atoms with Crippen molar-refractivity contribution < 1.29 is 28.6 Å². The molecule has 1 unspecified atom stereocenters. The first-order valence-electron chi connectivity index (χ1n) is 10.1. The van der Waals surface area contributed by atoms with Crippen molar-refractivity contribution in [3.63, 3.8) is 0 Å². The third-order valence-corrected chi connectivity index (χ3v) is 4.98. The molecule has 1 atom stereocenters. The Hall–Kier alpha value is -3.06. The van der Waals surface area contributed by atoms with E-state index in [1.165, 1.54) is 17.2 Å². The van der Waals surface area contributed by atoms with Gasteiger partial charge in [0.05, 0.1) is 24.5 Å². The van der Waals surface area contributed by atoms with Crippen molar-refractivity contribution in [2.45, 2.75) is 32.2 Å². The van der Waals surface area contributed by atoms with Crippen molar-refractivity contribution in [1.82, 2.24) is 4.90 Å². The Labute approximate surface area is 175 Å². The van der Waals surface area contributed by atoms with E-state index < -0.39 is 23.5 Å². The van der Waals surface area contributed by atoms with E-state index in [-0.39, 0.29) is 11.3 Å². The molecule has 1 N–H and O–H groups in total. The second-order valence-corrected chi connectivity index (χ2v) is 7.09. The van der Waals surface area contributed by atoms with Crippen LogP contribution < -0.4 is 4.74 Å². The summed E-state index contributed by atoms with van der Waals surface area (Å²) in [5.41, 5.74) is 0.701. The Bertz CT molecular complexity index is 902. The van der Waals surface area contributed by atoms with Gasteiger partial charge in [0.1, 0.15) is 5.75 Å². The third-order valence-electron chi connectivity index (χ3n) is 4.98. The number of ether oxygens (including phenoxy) is 2. The molecule has 1 aromatic heterocycles. The normalized spacial score (nSPS) is 16.4. The Balaban J connectivity index is 1.97. The lowest BCUT2D eigenvalue weighted by atomic mass is 9.95. The van der Waals surface area contributed by atoms with Crippen LogP contribution in [-0.2, 0) is 9.53 Å². The van der Waals surface area contributed by atoms with E-state index in [9.17, 15) is 14.7 Å². The Morgan fingerprint density at radius 1 is 1.20 bits per heavy atom. The lowest BCUT2D eigenvalue weighted by Gasteiger charge is -2.27. The zero-order valence-electron chi connectivity index (χ0n) is 17.3. The minimum absolute atomic E-state index is 0.0121. The molecule has 2 aromatic rings. The molecule has 0 fully saturated rings. The number of hydrogen-bond donors (Lipinski definition) is 1. The minimum Gasteiger partial charge on any atom is -0.503 e. The number of methoxy groups -OCH3 is 1. The van der Waals surface area contributed by atoms with Crippen molar-refractivity contribution in [3.05, 3.63) is 65.3 Å². The van der Waals surface area contributed by atoms with E-state index in [1.54, 1.807) is 13.2 Å². The standard InChI is InChI=1S/C23H27NO6/c1-3-4-13-29-17-9-5-8-16(15-17)20-19(21(25)18-10-6-14-30-18)22(26)23(27)24(20)11-7-12-28-2/h5-6,8-10,14-15,20,26H,3-4,7,11-13H2,1-2H3. The molecule has 0 spiro atoms. The number of rotatable bonds is 11. The molecule has 1 aliphatic rings. The van der Waals surface area contributed by atoms with E-state index in [0.717, 1.165) is 12.8 Å². The Morgan fingerprint density at radius 3 is 2.73 bits per heavy atom. The van der Waals surface area contributed by atoms with Crippen LogP contribution in [0, 0.1) is 0 Å². The molecule has 2 heterocycles. The van der Waals surface area contributed by atoms with Gasteiger partial charge < -0.3 is 23.9 Å². The van der Waals surface area contributed by atoms with Crippen molar-refractivity contribution in [1.29, 1.82) is 0 Å². The van der Waals surface area contributed by atoms with Crippen LogP contribution in [0.4, 0.5) is 0 Å². The first kappa shape index (κ1) is 21.6. The second kappa shape index (κ2) is 10.1. The third kappa shape index (κ3) is 4.57. The van der Waals surface area contributed by atoms with Gasteiger partial charge in [-0.1, -0.05) is 25.5 Å². The number of aliphatic hydroxyl groups excluding tert-OH is 1. The molecule has 3 rings (SSSR count). The molecule has 0 saturated heterocycles. The van der Waals surface area contributed by atoms with Crippen LogP contribution in [-0.4, -0.2) is 48.6 Å². The highest BCUT2D eigenvalue weighted by Crippen LogP contribution is 2.40. The fourth-order valence-electron chi connectivity index (χ4n) is 3.49. The predicted molar refractivity (Wildman–Crippen MR) is 110 cm³/mol. The quantitative estimate of drug-likeness (QED) is 0.441. The fourth-order valence-corrected chi connectivity index (χ4v) is 3.49. The fraction of sp³-hybridized carbons (Fsp3) is 0.391. The van der Waals surface area contributed by atoms with Gasteiger partial charge in [-0.05, 0) is 42.7 Å². The first-order chi connectivity index (χ1) is 14.6. The van der Waals surface area contributed by atoms with Crippen LogP contribution in [0.25, 0.3) is 0 Å². The summed E-state index contributed by atoms with van der Waals surface area (Å²) in [6.45, 7) is 3.46. The number of benzene rings is 1. The zero-order valence-corrected chi connectivity index (χ0v) is 17.3. The van der Waals surface area contributed by atoms with E-state index in [0.29, 0.717) is 37.5 Å². The molecule has 0 saturated carbocycles. The summed E-state index contributed by atoms with van der Waals surface area (Å²) in [5.74, 6) is -0.910. The molecular weight excluding hydrogens is 386 g/mol. The van der Waals surface area contributed by atoms with Gasteiger partial charge in [-0.15, -0.1) is 0 Å². The largest absolute Gasteiger partial charge is 0.503 e. The van der Waals surface area contributed by atoms with Crippen molar-refractivity contribution in [3.8, 4) is 5.75 Å². The molecule has 160 valence electrons. The Kier molecular flexibility index (Phi) is 7.30. The highest BCUT2D eigenvalue weighted by molar-refractivity contribution is 6.15. The topological polar surface area (TPSA) is 89.2 Å². The van der Waals surface area contributed by atoms with Crippen LogP contribution in [0.5, 0.6) is 5.75 Å². The molecule has 0 bridgehead atoms. The maximum Gasteiger partial charge on any atom is 0.290 e. The molecule has 7 nitrogen and oxygen atoms in total. The lowest BCUT2D eigenvalue weighted by Crippen LogP contribution is -2.32. The molecule has 30 heavy (non-hydrogen) atoms. The maximum absolute atomic E-state index is 13.1. The summed E-state index contributed by atoms with van der Waals surface area (Å²) < 4.78 is 16.1. The van der Waals surface area contributed by atoms with Gasteiger partial charge in [0.25, 0.3) is 5.91 Å². The number of ketones is 1. The minimum atomic E-state index is -0.735. The highest BCUT2D eigenvalue weighted by Gasteiger charge is 2.44. The number of unbranched alkanes of at least 4 members (excludes halogenated alkanes) is 1. The monoisotopic (exact) mass is 413 g/mol. The average Bonchev–Trinajstić information content (AvgIpc) is 3.37. The highest BCUT2D eigenvalue weighted by atomic mass is 16.5. The van der Waals surface area contributed by atoms with E-state index in [2.05, 4.69) is 6.92 Å². The van der Waals surface area contributed by atoms with Gasteiger partial charge in [-0.2, -0.15) is 0 Å². The Morgan fingerprint density at radius 2 is 2.03 bits per heavy atom. The second-order valence-electron chi connectivity index (χ2n) is 7.09. The molecule has 0 radical (unpaired) electrons. The van der Waals surface area contributed by atoms with Gasteiger partial charge in [-0.25, -0.2) is 0 Å². The summed E-state index contributed by atoms with van der Waals surface area (Å²) in [4.78, 5) is 27.4. The van der Waals surface area contributed by atoms with Crippen LogP contribution in [0.15, 0.2) is 58.4 Å². The van der Waals surface area contributed by atoms with Crippen LogP contribution in [0.1, 0.15) is 48.3 Å². The van der Waals surface area contributed by atoms with Gasteiger partial charge in [0, 0.05) is 20.3 Å². The van der Waals surface area contributed by atoms with Crippen LogP contribution in [0.3, 0.4) is 0 Å². The molecular formula is C23H27NO6. The molecule has 1 amide bonds. The van der Waals surface area contributed by atoms with Crippen molar-refractivity contribution >= 4 is 11.7 Å². The summed E-state index contributed by atoms with van der Waals surface area (Å²) in [6.07, 6.45) is 3.90. The predicted octanol–water partition coefficient (Wildman–Crippen LogP) is 4.07. The van der Waals surface area contributed by atoms with Gasteiger partial charge in [0.15, 0.2) is 11.5 Å². The summed E-state index contributed by atoms with van der Waals surface area (Å²) in [7, 11) is 1.59.